The van der Waals surface area contributed by atoms with Crippen molar-refractivity contribution in [3.05, 3.63) is 11.1 Å². The molecule has 2 fully saturated rings. The predicted octanol–water partition coefficient (Wildman–Crippen LogP) is -3.03. The number of likely N-dealkylation sites (tertiary alicyclic amines) is 1. The Bertz CT molecular complexity index is 1070. The molecule has 0 aromatic carbocycles. The van der Waals surface area contributed by atoms with Crippen molar-refractivity contribution in [1.29, 1.82) is 0 Å². The van der Waals surface area contributed by atoms with Gasteiger partial charge in [-0.05, 0) is 0 Å². The van der Waals surface area contributed by atoms with Crippen molar-refractivity contribution in [3.63, 3.8) is 0 Å². The fourth-order valence-electron chi connectivity index (χ4n) is 2.61. The lowest BCUT2D eigenvalue weighted by molar-refractivity contribution is -0.141. The molecule has 0 unspecified atom stereocenters. The Morgan fingerprint density at radius 3 is 2.58 bits per heavy atom. The number of carbonyl (C=O) groups excluding carboxylic acids is 4. The fourth-order valence-corrected chi connectivity index (χ4v) is 4.23. The third-order valence-electron chi connectivity index (χ3n) is 4.15. The lowest BCUT2D eigenvalue weighted by atomic mass is 10.1. The molecule has 0 radical (unpaired) electrons. The first-order valence-corrected chi connectivity index (χ1v) is 10.7. The third-order valence-corrected chi connectivity index (χ3v) is 6.18. The Morgan fingerprint density at radius 1 is 1.35 bits per heavy atom. The van der Waals surface area contributed by atoms with E-state index < -0.39 is 40.1 Å². The summed E-state index contributed by atoms with van der Waals surface area (Å²) in [5.41, 5.74) is 5.41. The minimum absolute atomic E-state index is 0.0549. The summed E-state index contributed by atoms with van der Waals surface area (Å²) in [5.74, 6) is 3.61. The van der Waals surface area contributed by atoms with E-state index in [0.717, 1.165) is 11.3 Å². The van der Waals surface area contributed by atoms with Gasteiger partial charge in [0.15, 0.2) is 10.8 Å². The predicted molar refractivity (Wildman–Crippen MR) is 104 cm³/mol. The first-order valence-electron chi connectivity index (χ1n) is 8.40. The Balaban J connectivity index is 1.59. The zero-order valence-electron chi connectivity index (χ0n) is 15.8. The smallest absolute Gasteiger partial charge is 0.349 e. The maximum atomic E-state index is 12.4. The molecule has 0 saturated carbocycles. The second kappa shape index (κ2) is 8.32. The number of oxime groups is 1. The summed E-state index contributed by atoms with van der Waals surface area (Å²) < 4.78 is 26.3. The van der Waals surface area contributed by atoms with Crippen molar-refractivity contribution < 1.29 is 32.4 Å². The number of rotatable bonds is 6. The van der Waals surface area contributed by atoms with Crippen LogP contribution in [0.15, 0.2) is 10.5 Å². The summed E-state index contributed by atoms with van der Waals surface area (Å²) in [7, 11) is -3.35. The van der Waals surface area contributed by atoms with Crippen molar-refractivity contribution in [2.75, 3.05) is 32.5 Å². The van der Waals surface area contributed by atoms with Crippen LogP contribution in [-0.2, 0) is 24.6 Å². The topological polar surface area (TPSA) is 223 Å². The Kier molecular flexibility index (Phi) is 5.95. The van der Waals surface area contributed by atoms with Crippen molar-refractivity contribution in [2.45, 2.75) is 6.04 Å². The zero-order valence-corrected chi connectivity index (χ0v) is 17.5. The number of thiazole rings is 1. The molecular formula is C13H17N9O7S2. The van der Waals surface area contributed by atoms with Crippen molar-refractivity contribution in [2.24, 2.45) is 11.0 Å². The third kappa shape index (κ3) is 4.34. The van der Waals surface area contributed by atoms with Crippen LogP contribution in [0.25, 0.3) is 0 Å². The van der Waals surface area contributed by atoms with E-state index in [1.165, 1.54) is 12.5 Å². The molecule has 16 nitrogen and oxygen atoms in total. The molecule has 31 heavy (non-hydrogen) atoms. The Hall–Kier alpha value is -3.51. The number of nitrogens with zero attached hydrogens (tertiary/aromatic N) is 5. The second-order valence-corrected chi connectivity index (χ2v) is 8.61. The normalized spacial score (nSPS) is 19.4. The van der Waals surface area contributed by atoms with Gasteiger partial charge >= 0.3 is 22.3 Å². The van der Waals surface area contributed by atoms with E-state index in [4.69, 9.17) is 11.6 Å². The van der Waals surface area contributed by atoms with Crippen LogP contribution in [0, 0.1) is 0 Å². The van der Waals surface area contributed by atoms with Crippen LogP contribution in [0.3, 0.4) is 0 Å². The van der Waals surface area contributed by atoms with E-state index in [2.05, 4.69) is 20.3 Å². The molecule has 1 aromatic rings. The van der Waals surface area contributed by atoms with E-state index in [1.807, 2.05) is 0 Å². The summed E-state index contributed by atoms with van der Waals surface area (Å²) in [5, 5.41) is 8.21. The monoisotopic (exact) mass is 475 g/mol. The summed E-state index contributed by atoms with van der Waals surface area (Å²) in [4.78, 5) is 57.5. The number of hydrogen-bond acceptors (Lipinski definition) is 12. The van der Waals surface area contributed by atoms with Crippen molar-refractivity contribution in [3.8, 4) is 0 Å². The minimum Gasteiger partial charge on any atom is -0.398 e. The van der Waals surface area contributed by atoms with Gasteiger partial charge in [-0.25, -0.2) is 29.4 Å². The van der Waals surface area contributed by atoms with Crippen LogP contribution >= 0.6 is 11.3 Å². The van der Waals surface area contributed by atoms with Crippen LogP contribution in [0.4, 0.5) is 14.7 Å². The highest BCUT2D eigenvalue weighted by molar-refractivity contribution is 7.88. The number of hydrazine groups is 1. The lowest BCUT2D eigenvalue weighted by Crippen LogP contribution is -2.68. The van der Waals surface area contributed by atoms with E-state index in [-0.39, 0.29) is 36.2 Å². The maximum absolute atomic E-state index is 12.4. The van der Waals surface area contributed by atoms with Crippen LogP contribution in [0.2, 0.25) is 0 Å². The van der Waals surface area contributed by atoms with Gasteiger partial charge in [0.25, 0.3) is 11.8 Å². The molecule has 0 aliphatic carbocycles. The first kappa shape index (κ1) is 22.2. The average Bonchev–Trinajstić information content (AvgIpc) is 3.27. The number of imide groups is 1. The molecule has 3 rings (SSSR count). The van der Waals surface area contributed by atoms with Gasteiger partial charge in [-0.3, -0.25) is 19.5 Å². The van der Waals surface area contributed by atoms with E-state index in [1.54, 1.807) is 4.72 Å². The van der Waals surface area contributed by atoms with E-state index in [9.17, 15) is 27.6 Å². The van der Waals surface area contributed by atoms with Crippen molar-refractivity contribution in [1.82, 2.24) is 29.2 Å². The standard InChI is InChI=1S/C13H17N9O7S2/c1-29-18-8(7-5-30-11(14)17-7)9(23)16-6-4-20(10(6)24)12(25)19-31(27,28)22-3-2-21(15)13(22)26/h5-6H,2-4,15H2,1H3,(H2,14,17)(H,16,23)(H,19,25)/t6-/m0/s1. The Morgan fingerprint density at radius 2 is 2.06 bits per heavy atom. The van der Waals surface area contributed by atoms with Gasteiger partial charge in [-0.1, -0.05) is 5.16 Å². The fraction of sp³-hybridized carbons (Fsp3) is 0.385. The largest absolute Gasteiger partial charge is 0.398 e. The quantitative estimate of drug-likeness (QED) is 0.107. The number of amides is 6. The average molecular weight is 475 g/mol. The van der Waals surface area contributed by atoms with Crippen molar-refractivity contribution >= 4 is 56.3 Å². The summed E-state index contributed by atoms with van der Waals surface area (Å²) in [6.45, 7) is -0.629. The number of β-lactam (4-membered cyclic amide) rings is 1. The highest BCUT2D eigenvalue weighted by Gasteiger charge is 2.45. The van der Waals surface area contributed by atoms with Gasteiger partial charge in [0.05, 0.1) is 19.6 Å². The molecule has 1 atom stereocenters. The molecule has 2 saturated heterocycles. The number of hydrogen-bond donors (Lipinski definition) is 4. The number of carbonyl (C=O) groups is 4. The number of urea groups is 2. The highest BCUT2D eigenvalue weighted by atomic mass is 32.2. The molecule has 6 N–H and O–H groups in total. The number of nitrogen functional groups attached to an aromatic ring is 1. The highest BCUT2D eigenvalue weighted by Crippen LogP contribution is 2.15. The van der Waals surface area contributed by atoms with Gasteiger partial charge < -0.3 is 15.9 Å². The summed E-state index contributed by atoms with van der Waals surface area (Å²) in [6.07, 6.45) is 0. The molecule has 0 spiro atoms. The molecule has 2 aliphatic heterocycles. The summed E-state index contributed by atoms with van der Waals surface area (Å²) >= 11 is 1.06. The molecule has 3 heterocycles. The number of aromatic nitrogens is 1. The molecule has 2 aliphatic rings. The molecular weight excluding hydrogens is 458 g/mol. The first-order chi connectivity index (χ1) is 14.5. The molecule has 18 heteroatoms. The van der Waals surface area contributed by atoms with Crippen LogP contribution < -0.4 is 21.6 Å². The van der Waals surface area contributed by atoms with E-state index >= 15 is 0 Å². The van der Waals surface area contributed by atoms with E-state index in [0.29, 0.717) is 14.2 Å². The number of nitrogens with one attached hydrogen (secondary N) is 2. The second-order valence-electron chi connectivity index (χ2n) is 6.13. The minimum atomic E-state index is -4.55. The number of anilines is 1. The van der Waals surface area contributed by atoms with Crippen LogP contribution in [0.5, 0.6) is 0 Å². The molecule has 0 bridgehead atoms. The maximum Gasteiger partial charge on any atom is 0.349 e. The van der Waals surface area contributed by atoms with Gasteiger partial charge in [-0.15, -0.1) is 11.3 Å². The van der Waals surface area contributed by atoms with Gasteiger partial charge in [0, 0.05) is 5.38 Å². The van der Waals surface area contributed by atoms with Crippen LogP contribution in [-0.4, -0.2) is 90.0 Å². The molecule has 168 valence electrons. The number of nitrogens with two attached hydrogens (primary N) is 2. The lowest BCUT2D eigenvalue weighted by Gasteiger charge is -2.36. The molecule has 1 aromatic heterocycles. The van der Waals surface area contributed by atoms with Crippen LogP contribution in [0.1, 0.15) is 5.69 Å². The van der Waals surface area contributed by atoms with Gasteiger partial charge in [0.1, 0.15) is 18.8 Å². The SMILES string of the molecule is CON=C(C(=O)N[C@H]1CN(C(=O)NS(=O)(=O)N2CCN(N)C2=O)C1=O)c1csc(N)n1. The molecule has 6 amide bonds. The Labute approximate surface area is 178 Å². The zero-order chi connectivity index (χ0) is 22.9. The summed E-state index contributed by atoms with van der Waals surface area (Å²) in [6, 6.07) is -3.42. The van der Waals surface area contributed by atoms with Gasteiger partial charge in [-0.2, -0.15) is 8.42 Å². The van der Waals surface area contributed by atoms with Gasteiger partial charge in [0.2, 0.25) is 0 Å².